The summed E-state index contributed by atoms with van der Waals surface area (Å²) in [5.41, 5.74) is 0.558. The summed E-state index contributed by atoms with van der Waals surface area (Å²) in [4.78, 5) is 0. The highest BCUT2D eigenvalue weighted by atomic mass is 19.1. The average molecular weight is 217 g/mol. The molecule has 0 aromatic heterocycles. The summed E-state index contributed by atoms with van der Waals surface area (Å²) in [6.07, 6.45) is 2.16. The van der Waals surface area contributed by atoms with Gasteiger partial charge >= 0.3 is 0 Å². The number of rotatable bonds is 5. The zero-order chi connectivity index (χ0) is 11.8. The Morgan fingerprint density at radius 1 is 1.25 bits per heavy atom. The minimum Gasteiger partial charge on any atom is -0.384 e. The number of nitriles is 2. The maximum atomic E-state index is 13.2. The molecule has 0 saturated carbocycles. The molecule has 1 rings (SSSR count). The lowest BCUT2D eigenvalue weighted by Crippen LogP contribution is -2.04. The van der Waals surface area contributed by atoms with Crippen LogP contribution in [0.5, 0.6) is 0 Å². The highest BCUT2D eigenvalue weighted by Gasteiger charge is 2.06. The van der Waals surface area contributed by atoms with Crippen molar-refractivity contribution in [3.8, 4) is 12.1 Å². The summed E-state index contributed by atoms with van der Waals surface area (Å²) in [5, 5.41) is 20.1. The van der Waals surface area contributed by atoms with Crippen molar-refractivity contribution in [3.05, 3.63) is 29.6 Å². The van der Waals surface area contributed by atoms with Crippen molar-refractivity contribution in [2.45, 2.75) is 19.3 Å². The Bertz CT molecular complexity index is 429. The summed E-state index contributed by atoms with van der Waals surface area (Å²) in [6.45, 7) is 0.639. The van der Waals surface area contributed by atoms with Gasteiger partial charge in [-0.2, -0.15) is 10.5 Å². The third-order valence-corrected chi connectivity index (χ3v) is 2.16. The maximum Gasteiger partial charge on any atom is 0.143 e. The number of nitrogens with one attached hydrogen (secondary N) is 1. The van der Waals surface area contributed by atoms with Crippen LogP contribution in [-0.4, -0.2) is 6.54 Å². The first-order valence-electron chi connectivity index (χ1n) is 5.09. The van der Waals surface area contributed by atoms with Gasteiger partial charge in [0.1, 0.15) is 17.4 Å². The Morgan fingerprint density at radius 3 is 2.75 bits per heavy atom. The predicted octanol–water partition coefficient (Wildman–Crippen LogP) is 2.80. The van der Waals surface area contributed by atoms with Crippen LogP contribution in [0, 0.1) is 28.5 Å². The van der Waals surface area contributed by atoms with Gasteiger partial charge in [0, 0.05) is 13.0 Å². The Morgan fingerprint density at radius 2 is 2.06 bits per heavy atom. The Balaban J connectivity index is 2.52. The van der Waals surface area contributed by atoms with Crippen LogP contribution in [0.3, 0.4) is 0 Å². The predicted molar refractivity (Wildman–Crippen MR) is 59.1 cm³/mol. The fourth-order valence-electron chi connectivity index (χ4n) is 1.34. The lowest BCUT2D eigenvalue weighted by molar-refractivity contribution is 0.624. The summed E-state index contributed by atoms with van der Waals surface area (Å²) >= 11 is 0. The van der Waals surface area contributed by atoms with Gasteiger partial charge in [-0.15, -0.1) is 0 Å². The molecule has 82 valence electrons. The number of hydrogen-bond donors (Lipinski definition) is 1. The maximum absolute atomic E-state index is 13.2. The van der Waals surface area contributed by atoms with Gasteiger partial charge < -0.3 is 5.32 Å². The van der Waals surface area contributed by atoms with Crippen molar-refractivity contribution < 1.29 is 4.39 Å². The molecule has 0 fully saturated rings. The Labute approximate surface area is 94.1 Å². The van der Waals surface area contributed by atoms with E-state index < -0.39 is 5.82 Å². The fraction of sp³-hybridized carbons (Fsp3) is 0.333. The molecular weight excluding hydrogens is 205 g/mol. The number of nitrogens with zero attached hydrogens (tertiary/aromatic N) is 2. The first-order chi connectivity index (χ1) is 7.79. The van der Waals surface area contributed by atoms with E-state index >= 15 is 0 Å². The topological polar surface area (TPSA) is 59.6 Å². The molecule has 0 aliphatic carbocycles. The van der Waals surface area contributed by atoms with E-state index in [0.29, 0.717) is 18.7 Å². The summed E-state index contributed by atoms with van der Waals surface area (Å²) in [7, 11) is 0. The molecule has 0 aliphatic rings. The van der Waals surface area contributed by atoms with Gasteiger partial charge in [0.05, 0.1) is 11.8 Å². The molecule has 0 heterocycles. The van der Waals surface area contributed by atoms with E-state index in [1.807, 2.05) is 6.07 Å². The minimum atomic E-state index is -0.510. The zero-order valence-corrected chi connectivity index (χ0v) is 8.83. The quantitative estimate of drug-likeness (QED) is 0.771. The van der Waals surface area contributed by atoms with Crippen LogP contribution < -0.4 is 5.32 Å². The summed E-state index contributed by atoms with van der Waals surface area (Å²) < 4.78 is 13.2. The lowest BCUT2D eigenvalue weighted by Gasteiger charge is -2.07. The van der Waals surface area contributed by atoms with Crippen LogP contribution in [0.25, 0.3) is 0 Å². The van der Waals surface area contributed by atoms with Crippen molar-refractivity contribution in [1.29, 1.82) is 10.5 Å². The normalized spacial score (nSPS) is 9.19. The molecule has 0 bridgehead atoms. The molecular formula is C12H12FN3. The standard InChI is InChI=1S/C12H12FN3/c13-11-5-4-6-12(10(11)9-15)16-8-3-1-2-7-14/h4-6,16H,1-3,8H2. The highest BCUT2D eigenvalue weighted by Crippen LogP contribution is 2.17. The Kier molecular flexibility index (Phi) is 4.82. The molecule has 0 spiro atoms. The van der Waals surface area contributed by atoms with E-state index in [2.05, 4.69) is 11.4 Å². The second-order valence-electron chi connectivity index (χ2n) is 3.32. The minimum absolute atomic E-state index is 0.0442. The highest BCUT2D eigenvalue weighted by molar-refractivity contribution is 5.57. The number of benzene rings is 1. The van der Waals surface area contributed by atoms with E-state index in [1.165, 1.54) is 6.07 Å². The first kappa shape index (κ1) is 12.0. The van der Waals surface area contributed by atoms with Crippen LogP contribution in [0.2, 0.25) is 0 Å². The van der Waals surface area contributed by atoms with Crippen molar-refractivity contribution in [1.82, 2.24) is 0 Å². The van der Waals surface area contributed by atoms with Crippen molar-refractivity contribution in [2.75, 3.05) is 11.9 Å². The molecule has 16 heavy (non-hydrogen) atoms. The molecule has 4 heteroatoms. The first-order valence-corrected chi connectivity index (χ1v) is 5.09. The summed E-state index contributed by atoms with van der Waals surface area (Å²) in [6, 6.07) is 8.38. The fourth-order valence-corrected chi connectivity index (χ4v) is 1.34. The second-order valence-corrected chi connectivity index (χ2v) is 3.32. The third-order valence-electron chi connectivity index (χ3n) is 2.16. The van der Waals surface area contributed by atoms with E-state index in [1.54, 1.807) is 12.1 Å². The van der Waals surface area contributed by atoms with E-state index in [0.717, 1.165) is 12.8 Å². The van der Waals surface area contributed by atoms with E-state index in [-0.39, 0.29) is 5.56 Å². The smallest absolute Gasteiger partial charge is 0.143 e. The van der Waals surface area contributed by atoms with E-state index in [4.69, 9.17) is 10.5 Å². The molecule has 1 aromatic rings. The molecule has 0 radical (unpaired) electrons. The summed E-state index contributed by atoms with van der Waals surface area (Å²) in [5.74, 6) is -0.510. The molecule has 0 saturated heterocycles. The van der Waals surface area contributed by atoms with Crippen LogP contribution in [-0.2, 0) is 0 Å². The van der Waals surface area contributed by atoms with Gasteiger partial charge in [0.15, 0.2) is 0 Å². The van der Waals surface area contributed by atoms with Gasteiger partial charge in [0.25, 0.3) is 0 Å². The van der Waals surface area contributed by atoms with Gasteiger partial charge in [-0.3, -0.25) is 0 Å². The molecule has 0 aliphatic heterocycles. The number of hydrogen-bond acceptors (Lipinski definition) is 3. The largest absolute Gasteiger partial charge is 0.384 e. The third kappa shape index (κ3) is 3.25. The zero-order valence-electron chi connectivity index (χ0n) is 8.83. The van der Waals surface area contributed by atoms with Crippen LogP contribution in [0.15, 0.2) is 18.2 Å². The lowest BCUT2D eigenvalue weighted by atomic mass is 10.1. The van der Waals surface area contributed by atoms with Crippen molar-refractivity contribution in [2.24, 2.45) is 0 Å². The van der Waals surface area contributed by atoms with Crippen LogP contribution in [0.1, 0.15) is 24.8 Å². The number of anilines is 1. The molecule has 0 amide bonds. The van der Waals surface area contributed by atoms with Crippen LogP contribution >= 0.6 is 0 Å². The van der Waals surface area contributed by atoms with Crippen molar-refractivity contribution in [3.63, 3.8) is 0 Å². The van der Waals surface area contributed by atoms with Gasteiger partial charge in [0.2, 0.25) is 0 Å². The number of halogens is 1. The van der Waals surface area contributed by atoms with Gasteiger partial charge in [-0.05, 0) is 25.0 Å². The molecule has 1 aromatic carbocycles. The van der Waals surface area contributed by atoms with Gasteiger partial charge in [-0.1, -0.05) is 6.07 Å². The molecule has 1 N–H and O–H groups in total. The van der Waals surface area contributed by atoms with E-state index in [9.17, 15) is 4.39 Å². The Hall–Kier alpha value is -2.07. The SMILES string of the molecule is N#CCCCCNc1cccc(F)c1C#N. The second kappa shape index (κ2) is 6.42. The monoisotopic (exact) mass is 217 g/mol. The van der Waals surface area contributed by atoms with Crippen LogP contribution in [0.4, 0.5) is 10.1 Å². The van der Waals surface area contributed by atoms with Gasteiger partial charge in [-0.25, -0.2) is 4.39 Å². The molecule has 0 unspecified atom stereocenters. The molecule has 3 nitrogen and oxygen atoms in total. The van der Waals surface area contributed by atoms with Crippen molar-refractivity contribution >= 4 is 5.69 Å². The average Bonchev–Trinajstić information content (AvgIpc) is 2.29. The number of unbranched alkanes of at least 4 members (excludes halogenated alkanes) is 2. The molecule has 0 atom stereocenters.